The van der Waals surface area contributed by atoms with E-state index in [4.69, 9.17) is 14.2 Å². The Morgan fingerprint density at radius 2 is 1.76 bits per heavy atom. The molecule has 0 bridgehead atoms. The van der Waals surface area contributed by atoms with Crippen LogP contribution in [0, 0.1) is 23.1 Å². The summed E-state index contributed by atoms with van der Waals surface area (Å²) in [4.78, 5) is 11.9. The number of hydrogen-bond acceptors (Lipinski definition) is 4. The molecule has 218 valence electrons. The first-order chi connectivity index (χ1) is 19.5. The van der Waals surface area contributed by atoms with Crippen molar-refractivity contribution in [1.82, 2.24) is 0 Å². The fourth-order valence-corrected chi connectivity index (χ4v) is 6.43. The number of benzene rings is 3. The maximum atomic E-state index is 15.2. The van der Waals surface area contributed by atoms with Crippen molar-refractivity contribution in [3.63, 3.8) is 0 Å². The number of rotatable bonds is 9. The summed E-state index contributed by atoms with van der Waals surface area (Å²) < 4.78 is 33.2. The molecule has 1 aliphatic heterocycles. The number of halogens is 1. The average Bonchev–Trinajstić information content (AvgIpc) is 3.78. The molecule has 3 aromatic rings. The van der Waals surface area contributed by atoms with Gasteiger partial charge in [0.15, 0.2) is 0 Å². The molecule has 41 heavy (non-hydrogen) atoms. The number of carboxylic acid groups (broad SMARTS) is 1. The van der Waals surface area contributed by atoms with Gasteiger partial charge in [-0.3, -0.25) is 4.79 Å². The number of aryl methyl sites for hydroxylation is 1. The molecule has 5 nitrogen and oxygen atoms in total. The summed E-state index contributed by atoms with van der Waals surface area (Å²) in [7, 11) is 3.27. The third-order valence-corrected chi connectivity index (χ3v) is 8.70. The van der Waals surface area contributed by atoms with Crippen LogP contribution in [0.15, 0.2) is 54.6 Å². The van der Waals surface area contributed by atoms with Gasteiger partial charge in [0.25, 0.3) is 0 Å². The molecule has 1 fully saturated rings. The highest BCUT2D eigenvalue weighted by Crippen LogP contribution is 2.49. The van der Waals surface area contributed by atoms with Crippen molar-refractivity contribution >= 4 is 5.97 Å². The van der Waals surface area contributed by atoms with Crippen LogP contribution in [0.4, 0.5) is 4.39 Å². The van der Waals surface area contributed by atoms with Gasteiger partial charge in [0.2, 0.25) is 0 Å². The zero-order valence-electron chi connectivity index (χ0n) is 24.9. The number of aliphatic carboxylic acids is 1. The molecule has 1 aliphatic carbocycles. The van der Waals surface area contributed by atoms with E-state index in [-0.39, 0.29) is 29.4 Å². The minimum atomic E-state index is -0.759. The van der Waals surface area contributed by atoms with Crippen LogP contribution in [0.2, 0.25) is 0 Å². The van der Waals surface area contributed by atoms with E-state index in [2.05, 4.69) is 45.0 Å². The lowest BCUT2D eigenvalue weighted by Gasteiger charge is -2.33. The number of fused-ring (bicyclic) bond motifs is 1. The van der Waals surface area contributed by atoms with Gasteiger partial charge in [-0.15, -0.1) is 0 Å². The van der Waals surface area contributed by atoms with Crippen LogP contribution in [-0.2, 0) is 16.0 Å². The molecule has 0 saturated heterocycles. The highest BCUT2D eigenvalue weighted by Gasteiger charge is 2.39. The van der Waals surface area contributed by atoms with Gasteiger partial charge < -0.3 is 19.3 Å². The van der Waals surface area contributed by atoms with Crippen LogP contribution in [0.3, 0.4) is 0 Å². The molecule has 5 rings (SSSR count). The molecule has 6 heteroatoms. The molecule has 4 atom stereocenters. The molecule has 0 amide bonds. The molecule has 0 spiro atoms. The summed E-state index contributed by atoms with van der Waals surface area (Å²) in [5.41, 5.74) is 5.07. The second-order valence-electron chi connectivity index (χ2n) is 12.7. The van der Waals surface area contributed by atoms with E-state index < -0.39 is 11.9 Å². The number of carbonyl (C=O) groups is 1. The van der Waals surface area contributed by atoms with Crippen LogP contribution >= 0.6 is 0 Å². The minimum absolute atomic E-state index is 0.0142. The van der Waals surface area contributed by atoms with Gasteiger partial charge in [-0.25, -0.2) is 4.39 Å². The van der Waals surface area contributed by atoms with Crippen molar-refractivity contribution in [3.05, 3.63) is 82.7 Å². The van der Waals surface area contributed by atoms with Crippen molar-refractivity contribution in [2.75, 3.05) is 14.2 Å². The molecule has 0 aromatic heterocycles. The summed E-state index contributed by atoms with van der Waals surface area (Å²) >= 11 is 0. The monoisotopic (exact) mass is 560 g/mol. The van der Waals surface area contributed by atoms with Gasteiger partial charge in [0.1, 0.15) is 23.4 Å². The first-order valence-corrected chi connectivity index (χ1v) is 14.5. The molecule has 3 aromatic carbocycles. The lowest BCUT2D eigenvalue weighted by atomic mass is 9.80. The Bertz CT molecular complexity index is 1420. The molecule has 1 heterocycles. The quantitative estimate of drug-likeness (QED) is 0.284. The lowest BCUT2D eigenvalue weighted by molar-refractivity contribution is -0.142. The Hall–Kier alpha value is -3.38. The van der Waals surface area contributed by atoms with Crippen LogP contribution < -0.4 is 9.47 Å². The summed E-state index contributed by atoms with van der Waals surface area (Å²) in [6.45, 7) is 8.15. The Morgan fingerprint density at radius 3 is 2.39 bits per heavy atom. The van der Waals surface area contributed by atoms with Gasteiger partial charge in [0, 0.05) is 12.7 Å². The number of carboxylic acids is 1. The summed E-state index contributed by atoms with van der Waals surface area (Å²) in [5, 5.41) is 9.75. The average molecular weight is 561 g/mol. The van der Waals surface area contributed by atoms with Crippen LogP contribution in [-0.4, -0.2) is 25.3 Å². The summed E-state index contributed by atoms with van der Waals surface area (Å²) in [6, 6.07) is 17.1. The van der Waals surface area contributed by atoms with Crippen LogP contribution in [0.5, 0.6) is 11.5 Å². The predicted octanol–water partition coefficient (Wildman–Crippen LogP) is 8.52. The van der Waals surface area contributed by atoms with Crippen LogP contribution in [0.25, 0.3) is 11.1 Å². The number of hydrogen-bond donors (Lipinski definition) is 1. The van der Waals surface area contributed by atoms with E-state index in [1.807, 2.05) is 19.1 Å². The maximum absolute atomic E-state index is 15.2. The zero-order valence-corrected chi connectivity index (χ0v) is 24.9. The van der Waals surface area contributed by atoms with Crippen molar-refractivity contribution in [3.8, 4) is 22.6 Å². The summed E-state index contributed by atoms with van der Waals surface area (Å²) in [5.74, 6) is 0.283. The Labute approximate surface area is 242 Å². The van der Waals surface area contributed by atoms with Crippen LogP contribution in [0.1, 0.15) is 87.3 Å². The third-order valence-electron chi connectivity index (χ3n) is 8.70. The van der Waals surface area contributed by atoms with E-state index in [9.17, 15) is 9.90 Å². The highest BCUT2D eigenvalue weighted by molar-refractivity contribution is 5.72. The van der Waals surface area contributed by atoms with Gasteiger partial charge in [-0.2, -0.15) is 0 Å². The maximum Gasteiger partial charge on any atom is 0.306 e. The highest BCUT2D eigenvalue weighted by atomic mass is 19.1. The van der Waals surface area contributed by atoms with E-state index in [1.165, 1.54) is 6.07 Å². The van der Waals surface area contributed by atoms with Gasteiger partial charge in [-0.05, 0) is 101 Å². The molecular weight excluding hydrogens is 519 g/mol. The molecular formula is C35H41FO5. The van der Waals surface area contributed by atoms with Crippen molar-refractivity contribution in [2.24, 2.45) is 17.3 Å². The third kappa shape index (κ3) is 5.99. The van der Waals surface area contributed by atoms with Crippen molar-refractivity contribution < 1.29 is 28.5 Å². The van der Waals surface area contributed by atoms with E-state index in [0.717, 1.165) is 59.3 Å². The first-order valence-electron chi connectivity index (χ1n) is 14.5. The Balaban J connectivity index is 1.52. The fourth-order valence-electron chi connectivity index (χ4n) is 6.43. The molecule has 0 radical (unpaired) electrons. The first kappa shape index (κ1) is 29.1. The predicted molar refractivity (Wildman–Crippen MR) is 158 cm³/mol. The molecule has 3 unspecified atom stereocenters. The molecule has 1 saturated carbocycles. The van der Waals surface area contributed by atoms with Crippen molar-refractivity contribution in [1.29, 1.82) is 0 Å². The number of ether oxygens (including phenoxy) is 3. The largest absolute Gasteiger partial charge is 0.497 e. The molecule has 2 aliphatic rings. The van der Waals surface area contributed by atoms with Gasteiger partial charge in [0.05, 0.1) is 19.1 Å². The van der Waals surface area contributed by atoms with E-state index in [1.54, 1.807) is 26.4 Å². The fraction of sp³-hybridized carbons (Fsp3) is 0.457. The Morgan fingerprint density at radius 1 is 1.00 bits per heavy atom. The Kier molecular flexibility index (Phi) is 8.15. The van der Waals surface area contributed by atoms with E-state index >= 15 is 4.39 Å². The van der Waals surface area contributed by atoms with E-state index in [0.29, 0.717) is 17.2 Å². The standard InChI is InChI=1S/C35H41FO5/c1-20(34(37)38)32(22-8-9-22)24-10-7-21-12-16-30(41-31(21)18-24)23-11-14-26(27-19-25(39-5)13-15-29(27)36)28(17-23)33(40-6)35(2,3)4/h7,10-11,13-15,17-20,22,30,32-33H,8-9,12,16H2,1-6H3,(H,37,38)/t20-,30?,32?,33?/m0/s1. The second kappa shape index (κ2) is 11.5. The van der Waals surface area contributed by atoms with Gasteiger partial charge >= 0.3 is 5.97 Å². The zero-order chi connectivity index (χ0) is 29.5. The van der Waals surface area contributed by atoms with Gasteiger partial charge in [-0.1, -0.05) is 52.0 Å². The lowest BCUT2D eigenvalue weighted by Crippen LogP contribution is -2.22. The smallest absolute Gasteiger partial charge is 0.306 e. The second-order valence-corrected chi connectivity index (χ2v) is 12.7. The van der Waals surface area contributed by atoms with Crippen molar-refractivity contribution in [2.45, 2.75) is 71.5 Å². The normalized spacial score (nSPS) is 19.0. The minimum Gasteiger partial charge on any atom is -0.497 e. The topological polar surface area (TPSA) is 65.0 Å². The summed E-state index contributed by atoms with van der Waals surface area (Å²) in [6.07, 6.45) is 3.33. The number of methoxy groups -OCH3 is 2. The SMILES string of the molecule is COc1ccc(F)c(-c2ccc(C3CCc4ccc(C(C5CC5)[C@H](C)C(=O)O)cc4O3)cc2C(OC)C(C)(C)C)c1. The molecule has 1 N–H and O–H groups in total.